The van der Waals surface area contributed by atoms with E-state index in [1.165, 1.54) is 0 Å². The van der Waals surface area contributed by atoms with Crippen molar-refractivity contribution in [3.8, 4) is 0 Å². The fourth-order valence-electron chi connectivity index (χ4n) is 3.65. The number of amides is 2. The van der Waals surface area contributed by atoms with Crippen LogP contribution in [0.15, 0.2) is 0 Å². The average Bonchev–Trinajstić information content (AvgIpc) is 2.57. The fraction of sp³-hybridized carbons (Fsp3) is 0.882. The van der Waals surface area contributed by atoms with Crippen molar-refractivity contribution in [3.05, 3.63) is 0 Å². The molecule has 6 nitrogen and oxygen atoms in total. The van der Waals surface area contributed by atoms with Gasteiger partial charge in [-0.3, -0.25) is 9.59 Å². The lowest BCUT2D eigenvalue weighted by atomic mass is 9.80. The Kier molecular flexibility index (Phi) is 9.02. The third-order valence-corrected chi connectivity index (χ3v) is 4.98. The molecule has 7 heteroatoms. The van der Waals surface area contributed by atoms with E-state index >= 15 is 0 Å². The van der Waals surface area contributed by atoms with Gasteiger partial charge in [0.25, 0.3) is 0 Å². The summed E-state index contributed by atoms with van der Waals surface area (Å²) in [6.07, 6.45) is 5.01. The molecular weight excluding hydrogens is 330 g/mol. The maximum Gasteiger partial charge on any atom is 0.248 e. The van der Waals surface area contributed by atoms with Crippen LogP contribution in [0.3, 0.4) is 0 Å². The maximum atomic E-state index is 13.0. The van der Waals surface area contributed by atoms with Gasteiger partial charge in [0.2, 0.25) is 11.8 Å². The van der Waals surface area contributed by atoms with Crippen molar-refractivity contribution >= 4 is 24.2 Å². The number of ether oxygens (including phenoxy) is 1. The topological polar surface area (TPSA) is 70.7 Å². The summed E-state index contributed by atoms with van der Waals surface area (Å²) in [6, 6.07) is 0.0490. The molecule has 0 spiro atoms. The van der Waals surface area contributed by atoms with E-state index in [0.717, 1.165) is 38.6 Å². The summed E-state index contributed by atoms with van der Waals surface area (Å²) >= 11 is 0. The summed E-state index contributed by atoms with van der Waals surface area (Å²) in [5.74, 6) is 0.0406. The number of nitrogens with zero attached hydrogens (tertiary/aromatic N) is 1. The maximum absolute atomic E-state index is 13.0. The largest absolute Gasteiger partial charge is 0.378 e. The van der Waals surface area contributed by atoms with Gasteiger partial charge in [0.05, 0.1) is 13.2 Å². The van der Waals surface area contributed by atoms with Gasteiger partial charge in [0, 0.05) is 32.1 Å². The monoisotopic (exact) mass is 361 g/mol. The number of morpholine rings is 1. The Labute approximate surface area is 151 Å². The van der Waals surface area contributed by atoms with Crippen LogP contribution in [0.4, 0.5) is 0 Å². The third kappa shape index (κ3) is 5.33. The van der Waals surface area contributed by atoms with Gasteiger partial charge in [-0.1, -0.05) is 19.3 Å². The summed E-state index contributed by atoms with van der Waals surface area (Å²) in [5.41, 5.74) is -0.698. The number of nitrogens with one attached hydrogen (secondary N) is 2. The molecule has 24 heavy (non-hydrogen) atoms. The number of carbonyl (C=O) groups excluding carboxylic acids is 2. The average molecular weight is 362 g/mol. The number of halogens is 1. The molecule has 140 valence electrons. The number of carbonyl (C=O) groups is 2. The lowest BCUT2D eigenvalue weighted by Crippen LogP contribution is -2.61. The first-order valence-electron chi connectivity index (χ1n) is 9.03. The molecular formula is C17H32ClN3O3. The van der Waals surface area contributed by atoms with E-state index in [1.807, 2.05) is 18.7 Å². The summed E-state index contributed by atoms with van der Waals surface area (Å²) in [7, 11) is 0. The highest BCUT2D eigenvalue weighted by atomic mass is 35.5. The van der Waals surface area contributed by atoms with Crippen LogP contribution in [-0.4, -0.2) is 61.1 Å². The van der Waals surface area contributed by atoms with Crippen LogP contribution in [-0.2, 0) is 14.3 Å². The van der Waals surface area contributed by atoms with Gasteiger partial charge in [0.15, 0.2) is 0 Å². The normalized spacial score (nSPS) is 23.0. The minimum absolute atomic E-state index is 0. The Balaban J connectivity index is 0.00000288. The first-order valence-corrected chi connectivity index (χ1v) is 9.03. The first kappa shape index (κ1) is 21.2. The van der Waals surface area contributed by atoms with Crippen molar-refractivity contribution in [3.63, 3.8) is 0 Å². The molecule has 2 amide bonds. The van der Waals surface area contributed by atoms with E-state index in [4.69, 9.17) is 4.74 Å². The highest BCUT2D eigenvalue weighted by molar-refractivity contribution is 5.91. The molecule has 0 aromatic carbocycles. The van der Waals surface area contributed by atoms with E-state index in [9.17, 15) is 9.59 Å². The molecule has 1 atom stereocenters. The number of likely N-dealkylation sites (N-methyl/N-ethyl adjacent to an activating group) is 1. The molecule has 1 aliphatic carbocycles. The fourth-order valence-corrected chi connectivity index (χ4v) is 3.65. The van der Waals surface area contributed by atoms with Gasteiger partial charge >= 0.3 is 0 Å². The molecule has 2 rings (SSSR count). The Morgan fingerprint density at radius 3 is 2.42 bits per heavy atom. The molecule has 1 unspecified atom stereocenters. The lowest BCUT2D eigenvalue weighted by molar-refractivity contribution is -0.143. The Bertz CT molecular complexity index is 404. The SMILES string of the molecule is CCN(CC)C(=O)C1(NC(=O)CC2COCCN2)CCCCC1.Cl. The molecule has 2 N–H and O–H groups in total. The predicted octanol–water partition coefficient (Wildman–Crippen LogP) is 1.47. The van der Waals surface area contributed by atoms with Crippen LogP contribution in [0, 0.1) is 0 Å². The minimum Gasteiger partial charge on any atom is -0.378 e. The van der Waals surface area contributed by atoms with Gasteiger partial charge in [-0.05, 0) is 26.7 Å². The summed E-state index contributed by atoms with van der Waals surface area (Å²) in [5, 5.41) is 6.40. The van der Waals surface area contributed by atoms with Crippen LogP contribution >= 0.6 is 12.4 Å². The Morgan fingerprint density at radius 2 is 1.88 bits per heavy atom. The Hall–Kier alpha value is -0.850. The highest BCUT2D eigenvalue weighted by Crippen LogP contribution is 2.30. The van der Waals surface area contributed by atoms with Gasteiger partial charge in [-0.15, -0.1) is 12.4 Å². The molecule has 2 fully saturated rings. The van der Waals surface area contributed by atoms with E-state index in [-0.39, 0.29) is 30.3 Å². The smallest absolute Gasteiger partial charge is 0.248 e. The van der Waals surface area contributed by atoms with E-state index in [2.05, 4.69) is 10.6 Å². The predicted molar refractivity (Wildman–Crippen MR) is 96.4 cm³/mol. The van der Waals surface area contributed by atoms with Crippen molar-refractivity contribution < 1.29 is 14.3 Å². The second kappa shape index (κ2) is 10.2. The van der Waals surface area contributed by atoms with Crippen LogP contribution in [0.5, 0.6) is 0 Å². The van der Waals surface area contributed by atoms with Crippen molar-refractivity contribution in [2.75, 3.05) is 32.8 Å². The molecule has 0 bridgehead atoms. The van der Waals surface area contributed by atoms with Gasteiger partial charge < -0.3 is 20.3 Å². The molecule has 1 aliphatic heterocycles. The third-order valence-electron chi connectivity index (χ3n) is 4.98. The van der Waals surface area contributed by atoms with Crippen LogP contribution < -0.4 is 10.6 Å². The van der Waals surface area contributed by atoms with Gasteiger partial charge in [-0.2, -0.15) is 0 Å². The molecule has 1 saturated heterocycles. The highest BCUT2D eigenvalue weighted by Gasteiger charge is 2.42. The number of hydrogen-bond acceptors (Lipinski definition) is 4. The van der Waals surface area contributed by atoms with Gasteiger partial charge in [0.1, 0.15) is 5.54 Å². The summed E-state index contributed by atoms with van der Waals surface area (Å²) in [4.78, 5) is 27.3. The van der Waals surface area contributed by atoms with Crippen molar-refractivity contribution in [2.45, 2.75) is 64.0 Å². The molecule has 0 aromatic rings. The lowest BCUT2D eigenvalue weighted by Gasteiger charge is -2.40. The molecule has 1 saturated carbocycles. The Morgan fingerprint density at radius 1 is 1.21 bits per heavy atom. The van der Waals surface area contributed by atoms with Gasteiger partial charge in [-0.25, -0.2) is 0 Å². The van der Waals surface area contributed by atoms with Crippen molar-refractivity contribution in [1.29, 1.82) is 0 Å². The quantitative estimate of drug-likeness (QED) is 0.751. The number of rotatable bonds is 6. The minimum atomic E-state index is -0.698. The second-order valence-corrected chi connectivity index (χ2v) is 6.60. The van der Waals surface area contributed by atoms with Crippen LogP contribution in [0.2, 0.25) is 0 Å². The zero-order valence-corrected chi connectivity index (χ0v) is 15.8. The zero-order valence-electron chi connectivity index (χ0n) is 14.9. The standard InChI is InChI=1S/C17H31N3O3.ClH/c1-3-20(4-2)16(22)17(8-6-5-7-9-17)19-15(21)12-14-13-23-11-10-18-14;/h14,18H,3-13H2,1-2H3,(H,19,21);1H. The molecule has 1 heterocycles. The number of hydrogen-bond donors (Lipinski definition) is 2. The molecule has 2 aliphatic rings. The molecule has 0 aromatic heterocycles. The van der Waals surface area contributed by atoms with Crippen molar-refractivity contribution in [1.82, 2.24) is 15.5 Å². The van der Waals surface area contributed by atoms with E-state index in [0.29, 0.717) is 32.7 Å². The van der Waals surface area contributed by atoms with Crippen LogP contribution in [0.1, 0.15) is 52.4 Å². The second-order valence-electron chi connectivity index (χ2n) is 6.60. The first-order chi connectivity index (χ1) is 11.1. The van der Waals surface area contributed by atoms with Crippen molar-refractivity contribution in [2.24, 2.45) is 0 Å². The molecule has 0 radical (unpaired) electrons. The summed E-state index contributed by atoms with van der Waals surface area (Å²) < 4.78 is 5.40. The summed E-state index contributed by atoms with van der Waals surface area (Å²) in [6.45, 7) is 7.39. The van der Waals surface area contributed by atoms with Crippen LogP contribution in [0.25, 0.3) is 0 Å². The van der Waals surface area contributed by atoms with E-state index < -0.39 is 5.54 Å². The van der Waals surface area contributed by atoms with E-state index in [1.54, 1.807) is 0 Å². The zero-order chi connectivity index (χ0) is 16.7.